The van der Waals surface area contributed by atoms with Gasteiger partial charge in [0.25, 0.3) is 0 Å². The van der Waals surface area contributed by atoms with Gasteiger partial charge in [-0.15, -0.1) is 0 Å². The number of amides is 1. The first-order valence-corrected chi connectivity index (χ1v) is 14.1. The molecule has 1 aliphatic heterocycles. The van der Waals surface area contributed by atoms with Crippen molar-refractivity contribution in [2.45, 2.75) is 57.2 Å². The van der Waals surface area contributed by atoms with Gasteiger partial charge in [-0.2, -0.15) is 0 Å². The van der Waals surface area contributed by atoms with Gasteiger partial charge in [0.15, 0.2) is 0 Å². The highest BCUT2D eigenvalue weighted by Crippen LogP contribution is 2.36. The third-order valence-electron chi connectivity index (χ3n) is 7.15. The maximum Gasteiger partial charge on any atom is 0.217 e. The van der Waals surface area contributed by atoms with Gasteiger partial charge in [0.1, 0.15) is 24.4 Å². The Balaban J connectivity index is 1.46. The first kappa shape index (κ1) is 28.7. The molecule has 1 fully saturated rings. The predicted molar refractivity (Wildman–Crippen MR) is 158 cm³/mol. The van der Waals surface area contributed by atoms with Gasteiger partial charge in [0.2, 0.25) is 5.91 Å². The summed E-state index contributed by atoms with van der Waals surface area (Å²) < 4.78 is 26.2. The first-order valence-electron chi connectivity index (χ1n) is 14.1. The van der Waals surface area contributed by atoms with E-state index in [2.05, 4.69) is 5.32 Å². The maximum absolute atomic E-state index is 12.5. The highest BCUT2D eigenvalue weighted by atomic mass is 16.6. The van der Waals surface area contributed by atoms with E-state index in [1.54, 1.807) is 0 Å². The van der Waals surface area contributed by atoms with Crippen molar-refractivity contribution < 1.29 is 23.7 Å². The molecular formula is C35H37NO5. The van der Waals surface area contributed by atoms with E-state index < -0.39 is 30.5 Å². The highest BCUT2D eigenvalue weighted by molar-refractivity contribution is 5.73. The normalized spacial score (nSPS) is 22.2. The molecule has 0 spiro atoms. The average Bonchev–Trinajstić information content (AvgIpc) is 3.01. The Bertz CT molecular complexity index is 1320. The van der Waals surface area contributed by atoms with Crippen LogP contribution >= 0.6 is 0 Å². The van der Waals surface area contributed by atoms with Crippen LogP contribution in [0.2, 0.25) is 0 Å². The lowest BCUT2D eigenvalue weighted by molar-refractivity contribution is -0.234. The molecule has 1 N–H and O–H groups in total. The fraction of sp³-hybridized carbons (Fsp3) is 0.286. The Labute approximate surface area is 242 Å². The molecule has 0 radical (unpaired) electrons. The minimum Gasteiger partial charge on any atom is -0.374 e. The molecule has 41 heavy (non-hydrogen) atoms. The molecule has 5 rings (SSSR count). The zero-order valence-corrected chi connectivity index (χ0v) is 23.3. The van der Waals surface area contributed by atoms with Crippen molar-refractivity contribution in [2.75, 3.05) is 6.61 Å². The van der Waals surface area contributed by atoms with Crippen molar-refractivity contribution in [3.8, 4) is 0 Å². The Kier molecular flexibility index (Phi) is 10.3. The number of nitrogens with one attached hydrogen (secondary N) is 1. The number of hydrogen-bond acceptors (Lipinski definition) is 5. The van der Waals surface area contributed by atoms with Crippen LogP contribution < -0.4 is 5.32 Å². The van der Waals surface area contributed by atoms with Gasteiger partial charge in [0, 0.05) is 6.92 Å². The monoisotopic (exact) mass is 551 g/mol. The number of hydrogen-bond donors (Lipinski definition) is 1. The van der Waals surface area contributed by atoms with E-state index in [0.717, 1.165) is 22.3 Å². The van der Waals surface area contributed by atoms with E-state index in [9.17, 15) is 4.79 Å². The third kappa shape index (κ3) is 8.12. The van der Waals surface area contributed by atoms with Crippen LogP contribution in [0.15, 0.2) is 121 Å². The zero-order valence-electron chi connectivity index (χ0n) is 23.3. The molecule has 1 heterocycles. The molecule has 0 unspecified atom stereocenters. The second kappa shape index (κ2) is 14.7. The van der Waals surface area contributed by atoms with Gasteiger partial charge in [0.05, 0.1) is 32.5 Å². The van der Waals surface area contributed by atoms with Gasteiger partial charge in [-0.05, 0) is 22.3 Å². The second-order valence-corrected chi connectivity index (χ2v) is 10.3. The molecule has 0 aromatic heterocycles. The van der Waals surface area contributed by atoms with Gasteiger partial charge in [-0.3, -0.25) is 4.79 Å². The summed E-state index contributed by atoms with van der Waals surface area (Å²) >= 11 is 0. The second-order valence-electron chi connectivity index (χ2n) is 10.3. The molecule has 1 saturated heterocycles. The molecule has 4 aromatic carbocycles. The summed E-state index contributed by atoms with van der Waals surface area (Å²) in [5, 5.41) is 3.14. The lowest BCUT2D eigenvalue weighted by atomic mass is 9.88. The molecule has 6 nitrogen and oxygen atoms in total. The quantitative estimate of drug-likeness (QED) is 0.233. The number of benzene rings is 4. The molecule has 0 aliphatic carbocycles. The fourth-order valence-corrected chi connectivity index (χ4v) is 5.20. The van der Waals surface area contributed by atoms with Crippen molar-refractivity contribution in [1.82, 2.24) is 5.32 Å². The highest BCUT2D eigenvalue weighted by Gasteiger charge is 2.48. The predicted octanol–water partition coefficient (Wildman–Crippen LogP) is 6.02. The number of rotatable bonds is 12. The van der Waals surface area contributed by atoms with Crippen molar-refractivity contribution in [3.63, 3.8) is 0 Å². The standard InChI is InChI=1S/C35H37NO5/c1-26(37)36-32-33(30-20-12-5-13-21-30)41-31(25-38-22-27-14-6-2-7-15-27)34(39-23-28-16-8-3-9-17-28)35(32)40-24-29-18-10-4-11-19-29/h2-21,31-35H,22-25H2,1H3,(H,36,37)/t31-,32+,33-,34+,35-/m1/s1. The number of carbonyl (C=O) groups excluding carboxylic acids is 1. The molecule has 4 aromatic rings. The Morgan fingerprint density at radius 2 is 1.12 bits per heavy atom. The van der Waals surface area contributed by atoms with E-state index in [-0.39, 0.29) is 5.91 Å². The molecular weight excluding hydrogens is 514 g/mol. The number of ether oxygens (including phenoxy) is 4. The first-order chi connectivity index (χ1) is 20.2. The summed E-state index contributed by atoms with van der Waals surface area (Å²) in [4.78, 5) is 12.5. The summed E-state index contributed by atoms with van der Waals surface area (Å²) in [6.45, 7) is 3.01. The zero-order chi connectivity index (χ0) is 28.3. The van der Waals surface area contributed by atoms with Gasteiger partial charge >= 0.3 is 0 Å². The molecule has 1 aliphatic rings. The topological polar surface area (TPSA) is 66.0 Å². The van der Waals surface area contributed by atoms with E-state index in [1.165, 1.54) is 6.92 Å². The molecule has 1 amide bonds. The van der Waals surface area contributed by atoms with Crippen LogP contribution in [0.4, 0.5) is 0 Å². The summed E-state index contributed by atoms with van der Waals surface area (Å²) in [6.07, 6.45) is -1.92. The SMILES string of the molecule is CC(=O)N[C@@H]1[C@@H](OCc2ccccc2)[C@@H](OCc2ccccc2)[C@@H](COCc2ccccc2)O[C@@H]1c1ccccc1. The molecule has 0 bridgehead atoms. The lowest BCUT2D eigenvalue weighted by Gasteiger charge is -2.47. The molecule has 0 saturated carbocycles. The lowest BCUT2D eigenvalue weighted by Crippen LogP contribution is -2.62. The van der Waals surface area contributed by atoms with Crippen molar-refractivity contribution >= 4 is 5.91 Å². The van der Waals surface area contributed by atoms with E-state index in [4.69, 9.17) is 18.9 Å². The largest absolute Gasteiger partial charge is 0.374 e. The number of carbonyl (C=O) groups is 1. The minimum atomic E-state index is -0.508. The van der Waals surface area contributed by atoms with Gasteiger partial charge < -0.3 is 24.3 Å². The van der Waals surface area contributed by atoms with E-state index >= 15 is 0 Å². The van der Waals surface area contributed by atoms with Crippen LogP contribution in [0, 0.1) is 0 Å². The van der Waals surface area contributed by atoms with Crippen LogP contribution in [0.5, 0.6) is 0 Å². The molecule has 5 atom stereocenters. The maximum atomic E-state index is 12.5. The van der Waals surface area contributed by atoms with Crippen LogP contribution in [0.25, 0.3) is 0 Å². The smallest absolute Gasteiger partial charge is 0.217 e. The Hall–Kier alpha value is -3.81. The summed E-state index contributed by atoms with van der Waals surface area (Å²) in [5.41, 5.74) is 4.11. The van der Waals surface area contributed by atoms with E-state index in [1.807, 2.05) is 121 Å². The van der Waals surface area contributed by atoms with Crippen molar-refractivity contribution in [2.24, 2.45) is 0 Å². The van der Waals surface area contributed by atoms with Crippen molar-refractivity contribution in [3.05, 3.63) is 144 Å². The summed E-state index contributed by atoms with van der Waals surface area (Å²) in [5.74, 6) is -0.159. The van der Waals surface area contributed by atoms with Crippen molar-refractivity contribution in [1.29, 1.82) is 0 Å². The van der Waals surface area contributed by atoms with Crippen LogP contribution in [-0.4, -0.2) is 36.9 Å². The van der Waals surface area contributed by atoms with Crippen LogP contribution in [0.3, 0.4) is 0 Å². The fourth-order valence-electron chi connectivity index (χ4n) is 5.20. The third-order valence-corrected chi connectivity index (χ3v) is 7.15. The van der Waals surface area contributed by atoms with Gasteiger partial charge in [-0.1, -0.05) is 121 Å². The molecule has 212 valence electrons. The summed E-state index contributed by atoms with van der Waals surface area (Å²) in [7, 11) is 0. The van der Waals surface area contributed by atoms with Crippen LogP contribution in [-0.2, 0) is 43.6 Å². The van der Waals surface area contributed by atoms with Gasteiger partial charge in [-0.25, -0.2) is 0 Å². The Morgan fingerprint density at radius 1 is 0.659 bits per heavy atom. The molecule has 6 heteroatoms. The van der Waals surface area contributed by atoms with Crippen LogP contribution in [0.1, 0.15) is 35.3 Å². The minimum absolute atomic E-state index is 0.159. The average molecular weight is 552 g/mol. The Morgan fingerprint density at radius 3 is 1.63 bits per heavy atom. The van der Waals surface area contributed by atoms with E-state index in [0.29, 0.717) is 26.4 Å². The summed E-state index contributed by atoms with van der Waals surface area (Å²) in [6, 6.07) is 39.6.